The Morgan fingerprint density at radius 1 is 1.00 bits per heavy atom. The summed E-state index contributed by atoms with van der Waals surface area (Å²) in [5.41, 5.74) is 1.13. The summed E-state index contributed by atoms with van der Waals surface area (Å²) < 4.78 is 67.6. The van der Waals surface area contributed by atoms with Gasteiger partial charge in [-0.2, -0.15) is 0 Å². The van der Waals surface area contributed by atoms with Crippen molar-refractivity contribution in [2.45, 2.75) is 13.0 Å². The Hall–Kier alpha value is -2.12. The van der Waals surface area contributed by atoms with E-state index in [0.29, 0.717) is 15.9 Å². The van der Waals surface area contributed by atoms with Gasteiger partial charge in [0.15, 0.2) is 0 Å². The van der Waals surface area contributed by atoms with E-state index in [1.165, 1.54) is 6.07 Å². The zero-order chi connectivity index (χ0) is 15.7. The summed E-state index contributed by atoms with van der Waals surface area (Å²) in [7, 11) is 0. The lowest BCUT2D eigenvalue weighted by atomic mass is 9.87. The molecule has 21 heavy (non-hydrogen) atoms. The zero-order valence-corrected chi connectivity index (χ0v) is 10.9. The summed E-state index contributed by atoms with van der Waals surface area (Å²) in [5.74, 6) is 0. The van der Waals surface area contributed by atoms with Crippen LogP contribution in [0.3, 0.4) is 0 Å². The van der Waals surface area contributed by atoms with E-state index in [1.54, 1.807) is 43.3 Å². The first kappa shape index (κ1) is 15.3. The van der Waals surface area contributed by atoms with E-state index in [0.717, 1.165) is 6.20 Å². The summed E-state index contributed by atoms with van der Waals surface area (Å²) in [6.07, 6.45) is -4.71. The normalized spacial score (nSPS) is 12.3. The highest BCUT2D eigenvalue weighted by Gasteiger charge is 2.60. The molecule has 2 nitrogen and oxygen atoms in total. The van der Waals surface area contributed by atoms with Crippen molar-refractivity contribution in [2.75, 3.05) is 0 Å². The fraction of sp³-hybridized carbons (Fsp3) is 0.154. The van der Waals surface area contributed by atoms with Crippen LogP contribution in [-0.4, -0.2) is 13.0 Å². The van der Waals surface area contributed by atoms with Gasteiger partial charge >= 0.3 is 13.0 Å². The van der Waals surface area contributed by atoms with E-state index >= 15 is 0 Å². The molecule has 8 heteroatoms. The van der Waals surface area contributed by atoms with E-state index < -0.39 is 13.0 Å². The van der Waals surface area contributed by atoms with Gasteiger partial charge in [0.25, 0.3) is 5.69 Å². The lowest BCUT2D eigenvalue weighted by Crippen LogP contribution is -2.62. The zero-order valence-electron chi connectivity index (χ0n) is 10.9. The Morgan fingerprint density at radius 3 is 2.19 bits per heavy atom. The third kappa shape index (κ3) is 3.14. The van der Waals surface area contributed by atoms with Crippen molar-refractivity contribution in [1.82, 2.24) is 0 Å². The fourth-order valence-electron chi connectivity index (χ4n) is 1.83. The van der Waals surface area contributed by atoms with E-state index in [4.69, 9.17) is 0 Å². The molecule has 1 aromatic heterocycles. The van der Waals surface area contributed by atoms with Crippen molar-refractivity contribution >= 4 is 6.90 Å². The maximum Gasteiger partial charge on any atom is 0.658 e. The molecule has 0 saturated carbocycles. The van der Waals surface area contributed by atoms with Crippen LogP contribution in [0.4, 0.5) is 21.8 Å². The summed E-state index contributed by atoms with van der Waals surface area (Å²) in [6.45, 7) is -4.40. The maximum atomic E-state index is 13.1. The molecule has 0 saturated heterocycles. The largest absolute Gasteiger partial charge is 0.658 e. The van der Waals surface area contributed by atoms with Gasteiger partial charge in [0, 0.05) is 11.6 Å². The van der Waals surface area contributed by atoms with Crippen molar-refractivity contribution in [1.29, 1.82) is 0 Å². The van der Waals surface area contributed by atoms with Gasteiger partial charge < -0.3 is 13.4 Å². The lowest BCUT2D eigenvalue weighted by molar-refractivity contribution is -0.859. The molecule has 112 valence electrons. The first-order valence-electron chi connectivity index (χ1n) is 6.06. The predicted octanol–water partition coefficient (Wildman–Crippen LogP) is 3.36. The minimum absolute atomic E-state index is 0.143. The molecule has 0 fully saturated rings. The van der Waals surface area contributed by atoms with E-state index in [1.807, 2.05) is 0 Å². The number of benzene rings is 1. The van der Waals surface area contributed by atoms with Gasteiger partial charge in [0.2, 0.25) is 6.20 Å². The molecular weight excluding hydrogens is 292 g/mol. The molecule has 0 amide bonds. The highest BCUT2D eigenvalue weighted by Crippen LogP contribution is 2.29. The van der Waals surface area contributed by atoms with Crippen molar-refractivity contribution in [3.05, 3.63) is 54.2 Å². The van der Waals surface area contributed by atoms with Gasteiger partial charge in [0.05, 0.1) is 5.56 Å². The molecule has 2 rings (SSSR count). The molecule has 0 unspecified atom stereocenters. The Labute approximate surface area is 117 Å². The van der Waals surface area contributed by atoms with Crippen LogP contribution in [0.15, 0.2) is 48.7 Å². The number of aromatic nitrogens is 1. The van der Waals surface area contributed by atoms with E-state index in [-0.39, 0.29) is 5.69 Å². The van der Waals surface area contributed by atoms with Crippen LogP contribution in [0.1, 0.15) is 5.56 Å². The number of alkyl halides is 3. The first-order valence-corrected chi connectivity index (χ1v) is 6.06. The summed E-state index contributed by atoms with van der Waals surface area (Å²) in [5, 5.41) is 0. The molecular formula is C13H11BF5NO. The second-order valence-electron chi connectivity index (χ2n) is 4.48. The highest BCUT2D eigenvalue weighted by molar-refractivity contribution is 6.61. The van der Waals surface area contributed by atoms with Gasteiger partial charge in [-0.05, 0) is 29.9 Å². The Balaban J connectivity index is 2.49. The van der Waals surface area contributed by atoms with Gasteiger partial charge in [0.1, 0.15) is 0 Å². The molecule has 0 aliphatic rings. The average Bonchev–Trinajstić information content (AvgIpc) is 2.38. The monoisotopic (exact) mass is 303 g/mol. The Kier molecular flexibility index (Phi) is 3.89. The standard InChI is InChI=1S/C13H11BF5NO/c1-10-6-5-9-20(21-14(18,19)13(15,16)17)12(10)11-7-3-2-4-8-11/h2-9H,1H3. The number of hydrogen-bond acceptors (Lipinski definition) is 1. The van der Waals surface area contributed by atoms with Crippen LogP contribution in [-0.2, 0) is 0 Å². The number of aryl methyl sites for hydroxylation is 1. The highest BCUT2D eigenvalue weighted by atomic mass is 19.4. The van der Waals surface area contributed by atoms with Crippen molar-refractivity contribution < 1.29 is 31.3 Å². The van der Waals surface area contributed by atoms with Crippen LogP contribution >= 0.6 is 0 Å². The number of halogens is 5. The van der Waals surface area contributed by atoms with Gasteiger partial charge in [-0.25, -0.2) is 13.2 Å². The van der Waals surface area contributed by atoms with E-state index in [9.17, 15) is 21.8 Å². The SMILES string of the molecule is Cc1ccc[n+](O[B-](F)(F)C(F)(F)F)c1-c1ccccc1. The van der Waals surface area contributed by atoms with Gasteiger partial charge in [-0.3, -0.25) is 0 Å². The second-order valence-corrected chi connectivity index (χ2v) is 4.48. The summed E-state index contributed by atoms with van der Waals surface area (Å²) in [4.78, 5) is 0. The van der Waals surface area contributed by atoms with Crippen LogP contribution in [0.2, 0.25) is 0 Å². The second kappa shape index (κ2) is 5.35. The molecule has 0 bridgehead atoms. The molecule has 0 radical (unpaired) electrons. The Morgan fingerprint density at radius 2 is 1.62 bits per heavy atom. The molecule has 0 atom stereocenters. The summed E-state index contributed by atoms with van der Waals surface area (Å²) >= 11 is 0. The van der Waals surface area contributed by atoms with Gasteiger partial charge in [-0.1, -0.05) is 18.2 Å². The van der Waals surface area contributed by atoms with Crippen LogP contribution in [0.5, 0.6) is 0 Å². The minimum Gasteiger partial charge on any atom is -0.432 e. The number of nitrogens with zero attached hydrogens (tertiary/aromatic N) is 1. The van der Waals surface area contributed by atoms with Crippen molar-refractivity contribution in [2.24, 2.45) is 0 Å². The number of rotatable bonds is 3. The molecule has 0 spiro atoms. The maximum absolute atomic E-state index is 13.1. The third-order valence-corrected chi connectivity index (χ3v) is 2.84. The third-order valence-electron chi connectivity index (χ3n) is 2.84. The van der Waals surface area contributed by atoms with Crippen LogP contribution in [0.25, 0.3) is 11.3 Å². The molecule has 0 aliphatic heterocycles. The molecule has 0 N–H and O–H groups in total. The average molecular weight is 303 g/mol. The predicted molar refractivity (Wildman–Crippen MR) is 67.4 cm³/mol. The Bertz CT molecular complexity index is 630. The van der Waals surface area contributed by atoms with Crippen LogP contribution < -0.4 is 9.49 Å². The number of pyridine rings is 1. The van der Waals surface area contributed by atoms with Gasteiger partial charge in [-0.15, -0.1) is 0 Å². The topological polar surface area (TPSA) is 13.1 Å². The lowest BCUT2D eigenvalue weighted by Gasteiger charge is -2.24. The van der Waals surface area contributed by atoms with E-state index in [2.05, 4.69) is 4.76 Å². The minimum atomic E-state index is -6.00. The molecule has 1 aromatic carbocycles. The summed E-state index contributed by atoms with van der Waals surface area (Å²) in [6, 6.07) is 11.1. The number of hydrogen-bond donors (Lipinski definition) is 0. The van der Waals surface area contributed by atoms with Crippen molar-refractivity contribution in [3.8, 4) is 11.3 Å². The molecule has 0 aliphatic carbocycles. The smallest absolute Gasteiger partial charge is 0.432 e. The van der Waals surface area contributed by atoms with Crippen LogP contribution in [0, 0.1) is 6.92 Å². The molecule has 2 aromatic rings. The fourth-order valence-corrected chi connectivity index (χ4v) is 1.83. The first-order chi connectivity index (χ1) is 9.72. The van der Waals surface area contributed by atoms with Crippen molar-refractivity contribution in [3.63, 3.8) is 0 Å². The molecule has 1 heterocycles. The quantitative estimate of drug-likeness (QED) is 0.481.